The molecule has 3 aromatic carbocycles. The summed E-state index contributed by atoms with van der Waals surface area (Å²) in [6.07, 6.45) is 2.79. The first kappa shape index (κ1) is 30.6. The maximum atomic E-state index is 12.6. The Hall–Kier alpha value is -4.33. The fraction of sp³-hybridized carbons (Fsp3) is 0.286. The molecule has 0 radical (unpaired) electrons. The number of Topliss-reactive ketones (excluding diaryl/α,β-unsaturated/α-hetero) is 2. The third-order valence-electron chi connectivity index (χ3n) is 6.65. The molecule has 1 heterocycles. The zero-order valence-electron chi connectivity index (χ0n) is 24.2. The van der Waals surface area contributed by atoms with Gasteiger partial charge in [0.1, 0.15) is 37.1 Å². The summed E-state index contributed by atoms with van der Waals surface area (Å²) >= 11 is 0. The Kier molecular flexibility index (Phi) is 11.8. The topological polar surface area (TPSA) is 84.0 Å². The number of ether oxygens (including phenoxy) is 4. The van der Waals surface area contributed by atoms with Gasteiger partial charge < -0.3 is 18.9 Å². The Balaban J connectivity index is 1.12. The van der Waals surface area contributed by atoms with Crippen LogP contribution in [0.5, 0.6) is 17.2 Å². The predicted molar refractivity (Wildman–Crippen MR) is 162 cm³/mol. The molecule has 0 aliphatic carbocycles. The molecule has 1 unspecified atom stereocenters. The molecule has 0 bridgehead atoms. The van der Waals surface area contributed by atoms with Crippen molar-refractivity contribution in [3.8, 4) is 28.5 Å². The van der Waals surface area contributed by atoms with E-state index in [4.69, 9.17) is 18.9 Å². The zero-order chi connectivity index (χ0) is 29.6. The van der Waals surface area contributed by atoms with E-state index in [-0.39, 0.29) is 30.7 Å². The highest BCUT2D eigenvalue weighted by Gasteiger charge is 2.14. The number of rotatable bonds is 17. The van der Waals surface area contributed by atoms with Crippen molar-refractivity contribution in [2.24, 2.45) is 5.92 Å². The molecule has 4 aromatic rings. The minimum absolute atomic E-state index is 0.0485. The van der Waals surface area contributed by atoms with Gasteiger partial charge >= 0.3 is 0 Å². The highest BCUT2D eigenvalue weighted by atomic mass is 16.5. The predicted octanol–water partition coefficient (Wildman–Crippen LogP) is 6.88. The molecule has 42 heavy (non-hydrogen) atoms. The molecule has 0 aliphatic heterocycles. The van der Waals surface area contributed by atoms with Gasteiger partial charge in [0.25, 0.3) is 0 Å². The van der Waals surface area contributed by atoms with Gasteiger partial charge in [-0.2, -0.15) is 0 Å². The molecule has 218 valence electrons. The third-order valence-corrected chi connectivity index (χ3v) is 6.65. The van der Waals surface area contributed by atoms with Crippen LogP contribution in [0.15, 0.2) is 97.2 Å². The highest BCUT2D eigenvalue weighted by Crippen LogP contribution is 2.23. The first-order valence-electron chi connectivity index (χ1n) is 14.2. The van der Waals surface area contributed by atoms with E-state index >= 15 is 0 Å². The molecule has 0 N–H and O–H groups in total. The summed E-state index contributed by atoms with van der Waals surface area (Å²) in [4.78, 5) is 28.4. The van der Waals surface area contributed by atoms with Crippen LogP contribution in [0.2, 0.25) is 0 Å². The Morgan fingerprint density at radius 2 is 1.40 bits per heavy atom. The largest absolute Gasteiger partial charge is 0.490 e. The van der Waals surface area contributed by atoms with Crippen LogP contribution >= 0.6 is 0 Å². The van der Waals surface area contributed by atoms with Crippen LogP contribution in [-0.2, 0) is 32.1 Å². The summed E-state index contributed by atoms with van der Waals surface area (Å²) in [6, 6.07) is 29.1. The molecule has 0 spiro atoms. The molecular weight excluding hydrogens is 530 g/mol. The molecule has 7 nitrogen and oxygen atoms in total. The molecule has 0 saturated heterocycles. The van der Waals surface area contributed by atoms with E-state index in [9.17, 15) is 9.59 Å². The Bertz CT molecular complexity index is 1390. The van der Waals surface area contributed by atoms with E-state index in [0.717, 1.165) is 22.4 Å². The minimum atomic E-state index is -0.171. The standard InChI is InChI=1S/C35H37NO6/c1-3-30(37)24-40-23-28-11-15-32(16-12-28)42-31-13-9-27(10-14-31)21-26(2)35(38)25-39-19-20-41-33-17-18-34(36-22-33)29-7-5-4-6-8-29/h4-18,22,26H,3,19-21,23-25H2,1-2H3. The van der Waals surface area contributed by atoms with E-state index in [1.807, 2.05) is 105 Å². The molecule has 0 saturated carbocycles. The van der Waals surface area contributed by atoms with Crippen LogP contribution in [0.25, 0.3) is 11.3 Å². The van der Waals surface area contributed by atoms with E-state index in [2.05, 4.69) is 4.98 Å². The SMILES string of the molecule is CCC(=O)COCc1ccc(Oc2ccc(CC(C)C(=O)COCCOc3ccc(-c4ccccc4)nc3)cc2)cc1. The van der Waals surface area contributed by atoms with Crippen molar-refractivity contribution in [2.45, 2.75) is 33.3 Å². The summed E-state index contributed by atoms with van der Waals surface area (Å²) in [5, 5.41) is 0. The Labute approximate surface area is 247 Å². The van der Waals surface area contributed by atoms with Crippen molar-refractivity contribution in [1.82, 2.24) is 4.98 Å². The number of carbonyl (C=O) groups is 2. The number of ketones is 2. The summed E-state index contributed by atoms with van der Waals surface area (Å²) < 4.78 is 22.6. The van der Waals surface area contributed by atoms with Crippen molar-refractivity contribution >= 4 is 11.6 Å². The molecule has 0 fully saturated rings. The number of pyridine rings is 1. The average molecular weight is 568 g/mol. The lowest BCUT2D eigenvalue weighted by Crippen LogP contribution is -2.21. The van der Waals surface area contributed by atoms with Gasteiger partial charge in [0.2, 0.25) is 0 Å². The smallest absolute Gasteiger partial charge is 0.161 e. The van der Waals surface area contributed by atoms with Crippen molar-refractivity contribution in [1.29, 1.82) is 0 Å². The Morgan fingerprint density at radius 1 is 0.738 bits per heavy atom. The summed E-state index contributed by atoms with van der Waals surface area (Å²) in [6.45, 7) is 4.96. The first-order chi connectivity index (χ1) is 20.5. The minimum Gasteiger partial charge on any atom is -0.490 e. The van der Waals surface area contributed by atoms with Crippen LogP contribution in [0, 0.1) is 5.92 Å². The zero-order valence-corrected chi connectivity index (χ0v) is 24.2. The van der Waals surface area contributed by atoms with Gasteiger partial charge in [-0.05, 0) is 53.9 Å². The second-order valence-corrected chi connectivity index (χ2v) is 9.99. The van der Waals surface area contributed by atoms with Gasteiger partial charge in [0.15, 0.2) is 11.6 Å². The monoisotopic (exact) mass is 567 g/mol. The van der Waals surface area contributed by atoms with Gasteiger partial charge in [-0.25, -0.2) is 0 Å². The fourth-order valence-corrected chi connectivity index (χ4v) is 4.11. The number of carbonyl (C=O) groups excluding carboxylic acids is 2. The molecule has 7 heteroatoms. The van der Waals surface area contributed by atoms with Gasteiger partial charge in [0, 0.05) is 17.9 Å². The number of aromatic nitrogens is 1. The maximum absolute atomic E-state index is 12.6. The number of benzene rings is 3. The quantitative estimate of drug-likeness (QED) is 0.129. The summed E-state index contributed by atoms with van der Waals surface area (Å²) in [5.41, 5.74) is 3.96. The van der Waals surface area contributed by atoms with Crippen LogP contribution in [0.3, 0.4) is 0 Å². The fourth-order valence-electron chi connectivity index (χ4n) is 4.11. The molecule has 0 amide bonds. The molecule has 0 aliphatic rings. The van der Waals surface area contributed by atoms with Crippen LogP contribution in [0.4, 0.5) is 0 Å². The van der Waals surface area contributed by atoms with E-state index in [0.29, 0.717) is 49.9 Å². The number of hydrogen-bond donors (Lipinski definition) is 0. The summed E-state index contributed by atoms with van der Waals surface area (Å²) in [7, 11) is 0. The van der Waals surface area contributed by atoms with Gasteiger partial charge in [-0.15, -0.1) is 0 Å². The lowest BCUT2D eigenvalue weighted by atomic mass is 9.97. The summed E-state index contributed by atoms with van der Waals surface area (Å²) in [5.74, 6) is 2.05. The van der Waals surface area contributed by atoms with Crippen LogP contribution < -0.4 is 9.47 Å². The number of hydrogen-bond acceptors (Lipinski definition) is 7. The van der Waals surface area contributed by atoms with Crippen molar-refractivity contribution < 1.29 is 28.5 Å². The average Bonchev–Trinajstić information content (AvgIpc) is 3.03. The van der Waals surface area contributed by atoms with Crippen molar-refractivity contribution in [2.75, 3.05) is 26.4 Å². The number of nitrogens with zero attached hydrogens (tertiary/aromatic N) is 1. The van der Waals surface area contributed by atoms with E-state index in [1.54, 1.807) is 6.20 Å². The third kappa shape index (κ3) is 9.94. The maximum Gasteiger partial charge on any atom is 0.161 e. The van der Waals surface area contributed by atoms with Gasteiger partial charge in [-0.3, -0.25) is 14.6 Å². The van der Waals surface area contributed by atoms with E-state index < -0.39 is 0 Å². The van der Waals surface area contributed by atoms with Gasteiger partial charge in [0.05, 0.1) is 25.1 Å². The Morgan fingerprint density at radius 3 is 2.05 bits per heavy atom. The first-order valence-corrected chi connectivity index (χ1v) is 14.2. The second kappa shape index (κ2) is 16.2. The normalized spacial score (nSPS) is 11.6. The van der Waals surface area contributed by atoms with E-state index in [1.165, 1.54) is 0 Å². The highest BCUT2D eigenvalue weighted by molar-refractivity contribution is 5.82. The molecule has 1 aromatic heterocycles. The second-order valence-electron chi connectivity index (χ2n) is 9.99. The lowest BCUT2D eigenvalue weighted by Gasteiger charge is -2.12. The van der Waals surface area contributed by atoms with Crippen molar-refractivity contribution in [3.05, 3.63) is 108 Å². The van der Waals surface area contributed by atoms with Crippen LogP contribution in [-0.4, -0.2) is 43.0 Å². The van der Waals surface area contributed by atoms with Crippen molar-refractivity contribution in [3.63, 3.8) is 0 Å². The molecule has 1 atom stereocenters. The molecule has 4 rings (SSSR count). The molecular formula is C35H37NO6. The lowest BCUT2D eigenvalue weighted by molar-refractivity contribution is -0.127. The van der Waals surface area contributed by atoms with Crippen LogP contribution in [0.1, 0.15) is 31.4 Å². The van der Waals surface area contributed by atoms with Gasteiger partial charge in [-0.1, -0.05) is 68.4 Å².